The van der Waals surface area contributed by atoms with Crippen LogP contribution in [-0.4, -0.2) is 17.2 Å². The fourth-order valence-electron chi connectivity index (χ4n) is 2.21. The first-order chi connectivity index (χ1) is 7.86. The van der Waals surface area contributed by atoms with E-state index in [1.165, 1.54) is 11.1 Å². The fourth-order valence-corrected chi connectivity index (χ4v) is 2.21. The number of hydrogen-bond donors (Lipinski definition) is 1. The Morgan fingerprint density at radius 1 is 0.882 bits per heavy atom. The molecule has 0 saturated heterocycles. The van der Waals surface area contributed by atoms with Crippen LogP contribution in [0.4, 0.5) is 0 Å². The molecular formula is C14H19NO2. The SMILES string of the molecule is CC1=C(O)c2c(C)c(C)c(C)c(C)c2ON1C. The molecule has 0 amide bonds. The van der Waals surface area contributed by atoms with Gasteiger partial charge in [-0.2, -0.15) is 0 Å². The van der Waals surface area contributed by atoms with Gasteiger partial charge in [0.05, 0.1) is 11.3 Å². The molecule has 0 saturated carbocycles. The standard InChI is InChI=1S/C14H19NO2/c1-7-8(2)10(4)14-12(9(7)3)13(16)11(5)15(6)17-14/h16H,1-6H3. The molecule has 0 fully saturated rings. The van der Waals surface area contributed by atoms with Gasteiger partial charge in [-0.1, -0.05) is 0 Å². The molecule has 1 heterocycles. The second-order valence-electron chi connectivity index (χ2n) is 4.73. The van der Waals surface area contributed by atoms with E-state index in [-0.39, 0.29) is 0 Å². The number of allylic oxidation sites excluding steroid dienone is 1. The average molecular weight is 233 g/mol. The van der Waals surface area contributed by atoms with E-state index in [0.29, 0.717) is 5.76 Å². The minimum atomic E-state index is 0.317. The molecule has 1 N–H and O–H groups in total. The van der Waals surface area contributed by atoms with Gasteiger partial charge in [0, 0.05) is 7.05 Å². The summed E-state index contributed by atoms with van der Waals surface area (Å²) in [5, 5.41) is 11.9. The second-order valence-corrected chi connectivity index (χ2v) is 4.73. The molecule has 2 rings (SSSR count). The van der Waals surface area contributed by atoms with E-state index in [9.17, 15) is 5.11 Å². The molecule has 0 aliphatic carbocycles. The van der Waals surface area contributed by atoms with Crippen molar-refractivity contribution in [1.82, 2.24) is 5.06 Å². The number of rotatable bonds is 0. The summed E-state index contributed by atoms with van der Waals surface area (Å²) in [5.41, 5.74) is 6.20. The zero-order chi connectivity index (χ0) is 12.9. The van der Waals surface area contributed by atoms with Crippen molar-refractivity contribution in [3.63, 3.8) is 0 Å². The topological polar surface area (TPSA) is 32.7 Å². The normalized spacial score (nSPS) is 14.8. The Balaban J connectivity index is 2.85. The lowest BCUT2D eigenvalue weighted by atomic mass is 9.91. The number of hydroxylamine groups is 2. The van der Waals surface area contributed by atoms with Crippen LogP contribution >= 0.6 is 0 Å². The fraction of sp³-hybridized carbons (Fsp3) is 0.429. The molecule has 1 aliphatic heterocycles. The maximum absolute atomic E-state index is 10.3. The highest BCUT2D eigenvalue weighted by atomic mass is 16.7. The van der Waals surface area contributed by atoms with Crippen LogP contribution < -0.4 is 4.84 Å². The Morgan fingerprint density at radius 2 is 1.41 bits per heavy atom. The van der Waals surface area contributed by atoms with Crippen LogP contribution in [0.3, 0.4) is 0 Å². The van der Waals surface area contributed by atoms with Crippen molar-refractivity contribution in [3.05, 3.63) is 33.5 Å². The van der Waals surface area contributed by atoms with Gasteiger partial charge in [-0.3, -0.25) is 0 Å². The number of hydrogen-bond acceptors (Lipinski definition) is 3. The third kappa shape index (κ3) is 1.49. The van der Waals surface area contributed by atoms with Gasteiger partial charge in [0.25, 0.3) is 0 Å². The number of benzene rings is 1. The minimum absolute atomic E-state index is 0.317. The van der Waals surface area contributed by atoms with Crippen LogP contribution in [0, 0.1) is 27.7 Å². The molecule has 0 atom stereocenters. The molecular weight excluding hydrogens is 214 g/mol. The summed E-state index contributed by atoms with van der Waals surface area (Å²) in [7, 11) is 1.80. The summed E-state index contributed by atoms with van der Waals surface area (Å²) in [6.07, 6.45) is 0. The van der Waals surface area contributed by atoms with E-state index >= 15 is 0 Å². The molecule has 0 radical (unpaired) electrons. The van der Waals surface area contributed by atoms with Crippen molar-refractivity contribution in [2.75, 3.05) is 7.05 Å². The van der Waals surface area contributed by atoms with Gasteiger partial charge >= 0.3 is 0 Å². The van der Waals surface area contributed by atoms with Crippen molar-refractivity contribution < 1.29 is 9.94 Å². The van der Waals surface area contributed by atoms with Crippen molar-refractivity contribution >= 4 is 5.76 Å². The van der Waals surface area contributed by atoms with Gasteiger partial charge in [-0.25, -0.2) is 5.06 Å². The van der Waals surface area contributed by atoms with Crippen LogP contribution in [0.2, 0.25) is 0 Å². The summed E-state index contributed by atoms with van der Waals surface area (Å²) in [5.74, 6) is 1.09. The first kappa shape index (κ1) is 11.8. The average Bonchev–Trinajstić information content (AvgIpc) is 2.30. The van der Waals surface area contributed by atoms with E-state index in [1.807, 2.05) is 20.8 Å². The van der Waals surface area contributed by atoms with Gasteiger partial charge in [0.2, 0.25) is 0 Å². The second kappa shape index (κ2) is 3.69. The Kier molecular flexibility index (Phi) is 2.57. The molecule has 0 aromatic heterocycles. The van der Waals surface area contributed by atoms with E-state index in [2.05, 4.69) is 13.8 Å². The van der Waals surface area contributed by atoms with Gasteiger partial charge in [-0.15, -0.1) is 0 Å². The van der Waals surface area contributed by atoms with E-state index in [1.54, 1.807) is 12.1 Å². The van der Waals surface area contributed by atoms with Crippen LogP contribution in [0.5, 0.6) is 5.75 Å². The zero-order valence-electron chi connectivity index (χ0n) is 11.3. The van der Waals surface area contributed by atoms with E-state index in [4.69, 9.17) is 4.84 Å². The molecule has 3 nitrogen and oxygen atoms in total. The predicted octanol–water partition coefficient (Wildman–Crippen LogP) is 3.41. The molecule has 1 aliphatic rings. The highest BCUT2D eigenvalue weighted by Crippen LogP contribution is 2.40. The number of fused-ring (bicyclic) bond motifs is 1. The Labute approximate surface area is 102 Å². The Morgan fingerprint density at radius 3 is 2.00 bits per heavy atom. The van der Waals surface area contributed by atoms with Crippen LogP contribution in [-0.2, 0) is 0 Å². The molecule has 17 heavy (non-hydrogen) atoms. The van der Waals surface area contributed by atoms with Crippen molar-refractivity contribution in [2.24, 2.45) is 0 Å². The van der Waals surface area contributed by atoms with Crippen molar-refractivity contribution in [1.29, 1.82) is 0 Å². The van der Waals surface area contributed by atoms with Crippen molar-refractivity contribution in [3.8, 4) is 5.75 Å². The van der Waals surface area contributed by atoms with E-state index in [0.717, 1.165) is 28.1 Å². The number of nitrogens with zero attached hydrogens (tertiary/aromatic N) is 1. The Hall–Kier alpha value is -1.64. The summed E-state index contributed by atoms with van der Waals surface area (Å²) < 4.78 is 0. The smallest absolute Gasteiger partial charge is 0.169 e. The first-order valence-corrected chi connectivity index (χ1v) is 5.78. The molecule has 3 heteroatoms. The van der Waals surface area contributed by atoms with Gasteiger partial charge in [0.1, 0.15) is 5.76 Å². The lowest BCUT2D eigenvalue weighted by Crippen LogP contribution is -2.27. The lowest BCUT2D eigenvalue weighted by molar-refractivity contribution is -0.00165. The van der Waals surface area contributed by atoms with Gasteiger partial charge < -0.3 is 9.94 Å². The molecule has 0 unspecified atom stereocenters. The van der Waals surface area contributed by atoms with Gasteiger partial charge in [-0.05, 0) is 56.9 Å². The maximum atomic E-state index is 10.3. The molecule has 1 aromatic rings. The maximum Gasteiger partial charge on any atom is 0.169 e. The van der Waals surface area contributed by atoms with E-state index < -0.39 is 0 Å². The summed E-state index contributed by atoms with van der Waals surface area (Å²) in [6, 6.07) is 0. The monoisotopic (exact) mass is 233 g/mol. The largest absolute Gasteiger partial charge is 0.505 e. The Bertz CT molecular complexity index is 530. The minimum Gasteiger partial charge on any atom is -0.505 e. The third-order valence-electron chi connectivity index (χ3n) is 3.91. The zero-order valence-corrected chi connectivity index (χ0v) is 11.3. The first-order valence-electron chi connectivity index (χ1n) is 5.78. The number of aliphatic hydroxyl groups excluding tert-OH is 1. The highest BCUT2D eigenvalue weighted by Gasteiger charge is 2.27. The predicted molar refractivity (Wildman–Crippen MR) is 69.0 cm³/mol. The van der Waals surface area contributed by atoms with Gasteiger partial charge in [0.15, 0.2) is 5.75 Å². The van der Waals surface area contributed by atoms with Crippen molar-refractivity contribution in [2.45, 2.75) is 34.6 Å². The molecule has 0 bridgehead atoms. The van der Waals surface area contributed by atoms with Crippen LogP contribution in [0.15, 0.2) is 5.70 Å². The highest BCUT2D eigenvalue weighted by molar-refractivity contribution is 5.74. The number of aliphatic hydroxyl groups is 1. The molecule has 92 valence electrons. The summed E-state index contributed by atoms with van der Waals surface area (Å²) in [4.78, 5) is 5.78. The third-order valence-corrected chi connectivity index (χ3v) is 3.91. The summed E-state index contributed by atoms with van der Waals surface area (Å²) in [6.45, 7) is 10.1. The molecule has 1 aromatic carbocycles. The van der Waals surface area contributed by atoms with Crippen LogP contribution in [0.1, 0.15) is 34.7 Å². The van der Waals surface area contributed by atoms with Crippen LogP contribution in [0.25, 0.3) is 5.76 Å². The molecule has 0 spiro atoms. The quantitative estimate of drug-likeness (QED) is 0.745. The lowest BCUT2D eigenvalue weighted by Gasteiger charge is -2.31. The summed E-state index contributed by atoms with van der Waals surface area (Å²) >= 11 is 0.